The predicted octanol–water partition coefficient (Wildman–Crippen LogP) is 3.00. The molecule has 0 fully saturated rings. The van der Waals surface area contributed by atoms with Gasteiger partial charge in [0.05, 0.1) is 5.75 Å². The highest BCUT2D eigenvalue weighted by atomic mass is 32.2. The Bertz CT molecular complexity index is 656. The number of rotatable bonds is 6. The van der Waals surface area contributed by atoms with E-state index in [-0.39, 0.29) is 11.8 Å². The summed E-state index contributed by atoms with van der Waals surface area (Å²) >= 11 is 2.75. The molecule has 116 valence electrons. The highest BCUT2D eigenvalue weighted by molar-refractivity contribution is 8.01. The summed E-state index contributed by atoms with van der Waals surface area (Å²) < 4.78 is 0.758. The van der Waals surface area contributed by atoms with E-state index in [9.17, 15) is 9.59 Å². The largest absolute Gasteiger partial charge is 0.356 e. The number of aromatic nitrogens is 1. The molecule has 0 atom stereocenters. The summed E-state index contributed by atoms with van der Waals surface area (Å²) in [6, 6.07) is 9.66. The summed E-state index contributed by atoms with van der Waals surface area (Å²) in [5.41, 5.74) is 1.67. The van der Waals surface area contributed by atoms with Crippen LogP contribution in [0.4, 0.5) is 5.00 Å². The van der Waals surface area contributed by atoms with Crippen LogP contribution in [0.3, 0.4) is 0 Å². The summed E-state index contributed by atoms with van der Waals surface area (Å²) in [6.07, 6.45) is 0. The minimum Gasteiger partial charge on any atom is -0.356 e. The van der Waals surface area contributed by atoms with Crippen LogP contribution in [0.1, 0.15) is 13.8 Å². The number of carbonyl (C=O) groups excluding carboxylic acids is 2. The minimum atomic E-state index is -0.138. The Morgan fingerprint density at radius 1 is 1.27 bits per heavy atom. The van der Waals surface area contributed by atoms with Crippen molar-refractivity contribution >= 4 is 39.9 Å². The van der Waals surface area contributed by atoms with E-state index in [1.165, 1.54) is 30.0 Å². The Labute approximate surface area is 137 Å². The number of nitrogens with one attached hydrogen (secondary N) is 2. The van der Waals surface area contributed by atoms with Gasteiger partial charge < -0.3 is 10.6 Å². The highest BCUT2D eigenvalue weighted by Crippen LogP contribution is 2.37. The lowest BCUT2D eigenvalue weighted by Crippen LogP contribution is -2.24. The van der Waals surface area contributed by atoms with Gasteiger partial charge in [-0.1, -0.05) is 53.4 Å². The van der Waals surface area contributed by atoms with Gasteiger partial charge in [0.1, 0.15) is 10.7 Å². The van der Waals surface area contributed by atoms with Crippen LogP contribution in [0, 0.1) is 0 Å². The third-order valence-corrected chi connectivity index (χ3v) is 4.76. The van der Waals surface area contributed by atoms with Crippen LogP contribution < -0.4 is 10.6 Å². The third kappa shape index (κ3) is 4.57. The van der Waals surface area contributed by atoms with Crippen molar-refractivity contribution in [1.29, 1.82) is 0 Å². The first-order valence-electron chi connectivity index (χ1n) is 6.83. The fourth-order valence-electron chi connectivity index (χ4n) is 1.77. The molecular weight excluding hydrogens is 318 g/mol. The standard InChI is InChI=1S/C15H17N3O2S2/c1-3-16-12(20)9-21-15-18-13(11-7-5-4-6-8-11)14(22-15)17-10(2)19/h4-8H,3,9H2,1-2H3,(H,16,20)(H,17,19). The number of hydrogen-bond acceptors (Lipinski definition) is 5. The van der Waals surface area contributed by atoms with Crippen LogP contribution in [0.2, 0.25) is 0 Å². The maximum Gasteiger partial charge on any atom is 0.230 e. The van der Waals surface area contributed by atoms with Crippen molar-refractivity contribution in [2.75, 3.05) is 17.6 Å². The molecule has 0 aliphatic heterocycles. The van der Waals surface area contributed by atoms with E-state index in [0.717, 1.165) is 15.6 Å². The molecule has 2 rings (SSSR count). The number of thiazole rings is 1. The number of hydrogen-bond donors (Lipinski definition) is 2. The Kier molecular flexibility index (Phi) is 5.97. The molecule has 2 amide bonds. The Morgan fingerprint density at radius 3 is 2.64 bits per heavy atom. The number of carbonyl (C=O) groups is 2. The normalized spacial score (nSPS) is 10.3. The third-order valence-electron chi connectivity index (χ3n) is 2.65. The maximum absolute atomic E-state index is 11.5. The first kappa shape index (κ1) is 16.5. The first-order chi connectivity index (χ1) is 10.6. The van der Waals surface area contributed by atoms with Crippen molar-refractivity contribution in [1.82, 2.24) is 10.3 Å². The van der Waals surface area contributed by atoms with E-state index >= 15 is 0 Å². The molecule has 0 unspecified atom stereocenters. The zero-order chi connectivity index (χ0) is 15.9. The molecule has 22 heavy (non-hydrogen) atoms. The van der Waals surface area contributed by atoms with Gasteiger partial charge in [0, 0.05) is 19.0 Å². The molecule has 0 bridgehead atoms. The van der Waals surface area contributed by atoms with Gasteiger partial charge in [-0.3, -0.25) is 9.59 Å². The second kappa shape index (κ2) is 7.95. The van der Waals surface area contributed by atoms with Crippen molar-refractivity contribution in [3.05, 3.63) is 30.3 Å². The van der Waals surface area contributed by atoms with Gasteiger partial charge in [-0.2, -0.15) is 0 Å². The lowest BCUT2D eigenvalue weighted by Gasteiger charge is -2.01. The molecular formula is C15H17N3O2S2. The second-order valence-corrected chi connectivity index (χ2v) is 6.67. The number of thioether (sulfide) groups is 1. The average Bonchev–Trinajstić information content (AvgIpc) is 2.88. The van der Waals surface area contributed by atoms with Crippen LogP contribution in [-0.4, -0.2) is 29.1 Å². The zero-order valence-corrected chi connectivity index (χ0v) is 14.0. The van der Waals surface area contributed by atoms with E-state index in [1.807, 2.05) is 37.3 Å². The van der Waals surface area contributed by atoms with Gasteiger partial charge in [-0.05, 0) is 6.92 Å². The van der Waals surface area contributed by atoms with Crippen LogP contribution >= 0.6 is 23.1 Å². The fourth-order valence-corrected chi connectivity index (χ4v) is 3.72. The van der Waals surface area contributed by atoms with Crippen molar-refractivity contribution in [3.63, 3.8) is 0 Å². The topological polar surface area (TPSA) is 71.1 Å². The van der Waals surface area contributed by atoms with Gasteiger partial charge in [-0.25, -0.2) is 4.98 Å². The first-order valence-corrected chi connectivity index (χ1v) is 8.63. The molecule has 0 saturated carbocycles. The van der Waals surface area contributed by atoms with Gasteiger partial charge >= 0.3 is 0 Å². The number of nitrogens with zero attached hydrogens (tertiary/aromatic N) is 1. The van der Waals surface area contributed by atoms with Crippen molar-refractivity contribution in [3.8, 4) is 11.3 Å². The van der Waals surface area contributed by atoms with E-state index in [2.05, 4.69) is 15.6 Å². The van der Waals surface area contributed by atoms with Gasteiger partial charge in [0.25, 0.3) is 0 Å². The van der Waals surface area contributed by atoms with Gasteiger partial charge in [0.15, 0.2) is 4.34 Å². The summed E-state index contributed by atoms with van der Waals surface area (Å²) in [7, 11) is 0. The van der Waals surface area contributed by atoms with E-state index in [4.69, 9.17) is 0 Å². The molecule has 0 spiro atoms. The summed E-state index contributed by atoms with van der Waals surface area (Å²) in [5.74, 6) is 0.154. The second-order valence-electron chi connectivity index (χ2n) is 4.45. The number of benzene rings is 1. The molecule has 1 heterocycles. The monoisotopic (exact) mass is 335 g/mol. The van der Waals surface area contributed by atoms with Crippen LogP contribution in [0.15, 0.2) is 34.7 Å². The predicted molar refractivity (Wildman–Crippen MR) is 91.3 cm³/mol. The number of amides is 2. The fraction of sp³-hybridized carbons (Fsp3) is 0.267. The van der Waals surface area contributed by atoms with E-state index in [0.29, 0.717) is 17.3 Å². The molecule has 1 aromatic carbocycles. The number of anilines is 1. The summed E-state index contributed by atoms with van der Waals surface area (Å²) in [6.45, 7) is 3.97. The molecule has 0 radical (unpaired) electrons. The summed E-state index contributed by atoms with van der Waals surface area (Å²) in [4.78, 5) is 27.4. The Hall–Kier alpha value is -1.86. The maximum atomic E-state index is 11.5. The van der Waals surface area contributed by atoms with Crippen LogP contribution in [0.25, 0.3) is 11.3 Å². The molecule has 0 aliphatic rings. The van der Waals surface area contributed by atoms with Crippen LogP contribution in [0.5, 0.6) is 0 Å². The Morgan fingerprint density at radius 2 is 2.00 bits per heavy atom. The molecule has 0 saturated heterocycles. The smallest absolute Gasteiger partial charge is 0.230 e. The zero-order valence-electron chi connectivity index (χ0n) is 12.4. The molecule has 7 heteroatoms. The molecule has 5 nitrogen and oxygen atoms in total. The minimum absolute atomic E-state index is 0.0231. The van der Waals surface area contributed by atoms with E-state index < -0.39 is 0 Å². The summed E-state index contributed by atoms with van der Waals surface area (Å²) in [5, 5.41) is 6.26. The van der Waals surface area contributed by atoms with Gasteiger partial charge in [-0.15, -0.1) is 0 Å². The lowest BCUT2D eigenvalue weighted by atomic mass is 10.2. The SMILES string of the molecule is CCNC(=O)CSc1nc(-c2ccccc2)c(NC(C)=O)s1. The average molecular weight is 335 g/mol. The lowest BCUT2D eigenvalue weighted by molar-refractivity contribution is -0.118. The highest BCUT2D eigenvalue weighted by Gasteiger charge is 2.15. The van der Waals surface area contributed by atoms with Gasteiger partial charge in [0.2, 0.25) is 11.8 Å². The Balaban J connectivity index is 2.21. The van der Waals surface area contributed by atoms with Crippen molar-refractivity contribution in [2.24, 2.45) is 0 Å². The molecule has 2 aromatic rings. The van der Waals surface area contributed by atoms with Crippen LogP contribution in [-0.2, 0) is 9.59 Å². The molecule has 2 N–H and O–H groups in total. The molecule has 0 aliphatic carbocycles. The van der Waals surface area contributed by atoms with E-state index in [1.54, 1.807) is 0 Å². The quantitative estimate of drug-likeness (QED) is 0.796. The molecule has 1 aromatic heterocycles. The van der Waals surface area contributed by atoms with Crippen molar-refractivity contribution in [2.45, 2.75) is 18.2 Å². The van der Waals surface area contributed by atoms with Crippen molar-refractivity contribution < 1.29 is 9.59 Å².